The molecule has 1 N–H and O–H groups in total. The van der Waals surface area contributed by atoms with E-state index in [1.54, 1.807) is 13.0 Å². The largest absolute Gasteiger partial charge is 0.461 e. The number of ether oxygens (including phenoxy) is 1. The molecule has 0 fully saturated rings. The second-order valence-corrected chi connectivity index (χ2v) is 3.44. The Hall–Kier alpha value is -0.250. The molecule has 5 heteroatoms. The van der Waals surface area contributed by atoms with Crippen molar-refractivity contribution >= 4 is 29.2 Å². The van der Waals surface area contributed by atoms with Crippen molar-refractivity contribution < 1.29 is 14.6 Å². The van der Waals surface area contributed by atoms with Gasteiger partial charge in [-0.2, -0.15) is 0 Å². The number of alkyl halides is 2. The number of carbonyl (C=O) groups is 1. The summed E-state index contributed by atoms with van der Waals surface area (Å²) >= 11 is 10.7. The summed E-state index contributed by atoms with van der Waals surface area (Å²) in [7, 11) is 0. The first-order valence-corrected chi connectivity index (χ1v) is 5.32. The maximum absolute atomic E-state index is 11.1. The highest BCUT2D eigenvalue weighted by Crippen LogP contribution is 2.03. The molecule has 0 saturated carbocycles. The number of aliphatic hydroxyl groups is 1. The van der Waals surface area contributed by atoms with Gasteiger partial charge in [0.2, 0.25) is 0 Å². The molecule has 0 heterocycles. The summed E-state index contributed by atoms with van der Waals surface area (Å²) in [5, 5.41) is 9.11. The summed E-state index contributed by atoms with van der Waals surface area (Å²) in [6.07, 6.45) is 1.34. The molecule has 0 rings (SSSR count). The third-order valence-electron chi connectivity index (χ3n) is 1.51. The van der Waals surface area contributed by atoms with Gasteiger partial charge in [-0.25, -0.2) is 4.79 Å². The molecule has 0 bridgehead atoms. The van der Waals surface area contributed by atoms with Crippen molar-refractivity contribution in [3.8, 4) is 0 Å². The van der Waals surface area contributed by atoms with Crippen LogP contribution in [0.5, 0.6) is 0 Å². The molecule has 0 aliphatic carbocycles. The predicted octanol–water partition coefficient (Wildman–Crippen LogP) is 1.70. The fraction of sp³-hybridized carbons (Fsp3) is 0.667. The van der Waals surface area contributed by atoms with Gasteiger partial charge >= 0.3 is 5.97 Å². The normalized spacial score (nSPS) is 13.9. The molecule has 1 unspecified atom stereocenters. The number of halogens is 2. The molecule has 0 aromatic heterocycles. The van der Waals surface area contributed by atoms with Crippen molar-refractivity contribution in [2.75, 3.05) is 18.4 Å². The molecule has 0 aliphatic rings. The second-order valence-electron chi connectivity index (χ2n) is 2.76. The molecule has 0 aromatic rings. The van der Waals surface area contributed by atoms with Crippen molar-refractivity contribution in [3.63, 3.8) is 0 Å². The quantitative estimate of drug-likeness (QED) is 0.437. The summed E-state index contributed by atoms with van der Waals surface area (Å²) < 4.78 is 4.77. The Balaban J connectivity index is 3.91. The van der Waals surface area contributed by atoms with Gasteiger partial charge in [0, 0.05) is 11.5 Å². The van der Waals surface area contributed by atoms with Crippen LogP contribution in [0.15, 0.2) is 11.6 Å². The maximum atomic E-state index is 11.1. The van der Waals surface area contributed by atoms with Crippen LogP contribution in [0.4, 0.5) is 0 Å². The van der Waals surface area contributed by atoms with E-state index >= 15 is 0 Å². The molecule has 0 aromatic carbocycles. The highest BCUT2D eigenvalue weighted by atomic mass is 35.5. The van der Waals surface area contributed by atoms with E-state index in [9.17, 15) is 4.79 Å². The Bertz CT molecular complexity index is 204. The minimum absolute atomic E-state index is 0.153. The van der Waals surface area contributed by atoms with Crippen LogP contribution in [0, 0.1) is 0 Å². The third-order valence-corrected chi connectivity index (χ3v) is 2.02. The Morgan fingerprint density at radius 1 is 1.57 bits per heavy atom. The van der Waals surface area contributed by atoms with E-state index < -0.39 is 12.1 Å². The summed E-state index contributed by atoms with van der Waals surface area (Å²) in [6, 6.07) is 0. The first-order valence-electron chi connectivity index (χ1n) is 4.25. The fourth-order valence-electron chi connectivity index (χ4n) is 0.704. The van der Waals surface area contributed by atoms with Crippen molar-refractivity contribution in [2.45, 2.75) is 19.4 Å². The Morgan fingerprint density at radius 2 is 2.21 bits per heavy atom. The molecule has 0 aliphatic heterocycles. The minimum atomic E-state index is -0.618. The number of hydrogen-bond acceptors (Lipinski definition) is 3. The molecule has 0 saturated heterocycles. The zero-order chi connectivity index (χ0) is 11.0. The number of carbonyl (C=O) groups excluding carboxylic acids is 1. The fourth-order valence-corrected chi connectivity index (χ4v) is 0.907. The van der Waals surface area contributed by atoms with Gasteiger partial charge in [0.05, 0.1) is 12.0 Å². The van der Waals surface area contributed by atoms with Crippen LogP contribution in [0.2, 0.25) is 0 Å². The van der Waals surface area contributed by atoms with Crippen LogP contribution in [-0.2, 0) is 9.53 Å². The predicted molar refractivity (Wildman–Crippen MR) is 56.8 cm³/mol. The molecule has 0 spiro atoms. The van der Waals surface area contributed by atoms with Gasteiger partial charge in [-0.05, 0) is 13.3 Å². The molecule has 0 radical (unpaired) electrons. The lowest BCUT2D eigenvalue weighted by molar-refractivity contribution is -0.138. The van der Waals surface area contributed by atoms with E-state index in [0.29, 0.717) is 12.0 Å². The summed E-state index contributed by atoms with van der Waals surface area (Å²) in [5.74, 6) is 0.0246. The van der Waals surface area contributed by atoms with Gasteiger partial charge in [0.15, 0.2) is 0 Å². The van der Waals surface area contributed by atoms with Gasteiger partial charge in [-0.3, -0.25) is 0 Å². The van der Waals surface area contributed by atoms with Gasteiger partial charge < -0.3 is 9.84 Å². The molecule has 14 heavy (non-hydrogen) atoms. The SMILES string of the molecule is CC(=CCC(O)CCl)C(=O)OCCCl. The minimum Gasteiger partial charge on any atom is -0.461 e. The van der Waals surface area contributed by atoms with Crippen molar-refractivity contribution in [2.24, 2.45) is 0 Å². The van der Waals surface area contributed by atoms with E-state index in [4.69, 9.17) is 33.0 Å². The Morgan fingerprint density at radius 3 is 2.71 bits per heavy atom. The smallest absolute Gasteiger partial charge is 0.333 e. The zero-order valence-electron chi connectivity index (χ0n) is 8.00. The molecular formula is C9H14Cl2O3. The van der Waals surface area contributed by atoms with E-state index in [2.05, 4.69) is 0 Å². The van der Waals surface area contributed by atoms with Crippen LogP contribution in [-0.4, -0.2) is 35.5 Å². The lowest BCUT2D eigenvalue weighted by Gasteiger charge is -2.04. The van der Waals surface area contributed by atoms with Crippen LogP contribution < -0.4 is 0 Å². The van der Waals surface area contributed by atoms with Gasteiger partial charge in [0.25, 0.3) is 0 Å². The standard InChI is InChI=1S/C9H14Cl2O3/c1-7(2-3-8(12)6-11)9(13)14-5-4-10/h2,8,12H,3-6H2,1H3. The number of rotatable bonds is 6. The summed E-state index contributed by atoms with van der Waals surface area (Å²) in [5.41, 5.74) is 0.458. The van der Waals surface area contributed by atoms with Crippen LogP contribution >= 0.6 is 23.2 Å². The summed E-state index contributed by atoms with van der Waals surface area (Å²) in [4.78, 5) is 11.1. The third kappa shape index (κ3) is 6.24. The van der Waals surface area contributed by atoms with E-state index in [-0.39, 0.29) is 18.4 Å². The van der Waals surface area contributed by atoms with Gasteiger partial charge in [-0.15, -0.1) is 23.2 Å². The van der Waals surface area contributed by atoms with Crippen molar-refractivity contribution in [1.29, 1.82) is 0 Å². The number of esters is 1. The average molecular weight is 241 g/mol. The van der Waals surface area contributed by atoms with Crippen molar-refractivity contribution in [1.82, 2.24) is 0 Å². The number of hydrogen-bond donors (Lipinski definition) is 1. The average Bonchev–Trinajstić information content (AvgIpc) is 2.21. The highest BCUT2D eigenvalue weighted by molar-refractivity contribution is 6.18. The molecule has 1 atom stereocenters. The molecular weight excluding hydrogens is 227 g/mol. The van der Waals surface area contributed by atoms with Crippen LogP contribution in [0.25, 0.3) is 0 Å². The zero-order valence-corrected chi connectivity index (χ0v) is 9.51. The van der Waals surface area contributed by atoms with Gasteiger partial charge in [-0.1, -0.05) is 6.08 Å². The first kappa shape index (κ1) is 13.8. The van der Waals surface area contributed by atoms with Crippen LogP contribution in [0.3, 0.4) is 0 Å². The Labute approximate surface area is 93.6 Å². The van der Waals surface area contributed by atoms with Crippen LogP contribution in [0.1, 0.15) is 13.3 Å². The lowest BCUT2D eigenvalue weighted by atomic mass is 10.2. The van der Waals surface area contributed by atoms with E-state index in [0.717, 1.165) is 0 Å². The first-order chi connectivity index (χ1) is 6.61. The topological polar surface area (TPSA) is 46.5 Å². The van der Waals surface area contributed by atoms with Gasteiger partial charge in [0.1, 0.15) is 6.61 Å². The number of aliphatic hydroxyl groups excluding tert-OH is 1. The van der Waals surface area contributed by atoms with E-state index in [1.165, 1.54) is 0 Å². The molecule has 82 valence electrons. The highest BCUT2D eigenvalue weighted by Gasteiger charge is 2.06. The Kier molecular flexibility index (Phi) is 7.95. The molecule has 0 amide bonds. The second kappa shape index (κ2) is 8.09. The van der Waals surface area contributed by atoms with E-state index in [1.807, 2.05) is 0 Å². The maximum Gasteiger partial charge on any atom is 0.333 e. The van der Waals surface area contributed by atoms with Crippen molar-refractivity contribution in [3.05, 3.63) is 11.6 Å². The summed E-state index contributed by atoms with van der Waals surface area (Å²) in [6.45, 7) is 1.82. The molecule has 3 nitrogen and oxygen atoms in total. The lowest BCUT2D eigenvalue weighted by Crippen LogP contribution is -2.10. The monoisotopic (exact) mass is 240 g/mol.